The number of hydrogen-bond donors (Lipinski definition) is 2. The predicted molar refractivity (Wildman–Crippen MR) is 114 cm³/mol. The van der Waals surface area contributed by atoms with Gasteiger partial charge in [0.1, 0.15) is 17.1 Å². The number of oxazole rings is 1. The lowest BCUT2D eigenvalue weighted by molar-refractivity contribution is -0.184. The van der Waals surface area contributed by atoms with Gasteiger partial charge in [-0.15, -0.1) is 0 Å². The second kappa shape index (κ2) is 7.74. The van der Waals surface area contributed by atoms with E-state index in [4.69, 9.17) is 4.42 Å². The zero-order valence-electron chi connectivity index (χ0n) is 18.4. The quantitative estimate of drug-likeness (QED) is 0.480. The monoisotopic (exact) mass is 464 g/mol. The van der Waals surface area contributed by atoms with Gasteiger partial charge in [0.2, 0.25) is 0 Å². The Kier molecular flexibility index (Phi) is 5.41. The highest BCUT2D eigenvalue weighted by atomic mass is 19.4. The molecule has 176 valence electrons. The molecule has 5 nitrogen and oxygen atoms in total. The van der Waals surface area contributed by atoms with Crippen molar-refractivity contribution in [3.05, 3.63) is 58.7 Å². The maximum Gasteiger partial charge on any atom is 0.396 e. The van der Waals surface area contributed by atoms with Gasteiger partial charge in [0.25, 0.3) is 5.91 Å². The molecule has 0 aliphatic heterocycles. The predicted octanol–water partition coefficient (Wildman–Crippen LogP) is 5.63. The number of nitrogens with zero attached hydrogens (tertiary/aromatic N) is 1. The first-order chi connectivity index (χ1) is 15.3. The van der Waals surface area contributed by atoms with E-state index < -0.39 is 35.3 Å². The first kappa shape index (κ1) is 23.1. The molecule has 1 saturated carbocycles. The van der Waals surface area contributed by atoms with Crippen LogP contribution in [0.4, 0.5) is 17.6 Å². The molecule has 0 bridgehead atoms. The Hall–Kier alpha value is -3.10. The van der Waals surface area contributed by atoms with E-state index in [2.05, 4.69) is 10.3 Å². The van der Waals surface area contributed by atoms with Gasteiger partial charge in [-0.05, 0) is 48.6 Å². The van der Waals surface area contributed by atoms with Gasteiger partial charge in [-0.1, -0.05) is 20.8 Å². The average molecular weight is 464 g/mol. The van der Waals surface area contributed by atoms with E-state index in [9.17, 15) is 27.5 Å². The number of phenolic OH excluding ortho intramolecular Hbond substituents is 1. The van der Waals surface area contributed by atoms with Crippen LogP contribution in [0.25, 0.3) is 11.1 Å². The summed E-state index contributed by atoms with van der Waals surface area (Å²) >= 11 is 0. The Balaban J connectivity index is 1.51. The van der Waals surface area contributed by atoms with Crippen LogP contribution in [0.15, 0.2) is 34.7 Å². The summed E-state index contributed by atoms with van der Waals surface area (Å²) in [5.41, 5.74) is -0.749. The van der Waals surface area contributed by atoms with Gasteiger partial charge in [0.05, 0.1) is 11.8 Å². The van der Waals surface area contributed by atoms with Crippen LogP contribution in [0, 0.1) is 11.2 Å². The summed E-state index contributed by atoms with van der Waals surface area (Å²) in [6.07, 6.45) is -4.36. The number of carbonyl (C=O) groups is 1. The van der Waals surface area contributed by atoms with Crippen molar-refractivity contribution in [2.75, 3.05) is 6.54 Å². The Morgan fingerprint density at radius 1 is 1.18 bits per heavy atom. The third kappa shape index (κ3) is 4.54. The van der Waals surface area contributed by atoms with Crippen molar-refractivity contribution in [3.63, 3.8) is 0 Å². The van der Waals surface area contributed by atoms with Gasteiger partial charge in [-0.2, -0.15) is 13.2 Å². The van der Waals surface area contributed by atoms with Crippen molar-refractivity contribution in [1.82, 2.24) is 10.3 Å². The molecule has 0 atom stereocenters. The Bertz CT molecular complexity index is 1220. The number of fused-ring (bicyclic) bond motifs is 1. The van der Waals surface area contributed by atoms with E-state index in [-0.39, 0.29) is 42.0 Å². The fourth-order valence-electron chi connectivity index (χ4n) is 3.76. The topological polar surface area (TPSA) is 75.4 Å². The molecule has 4 rings (SSSR count). The maximum atomic E-state index is 14.6. The number of carbonyl (C=O) groups excluding carboxylic acids is 1. The molecular weight excluding hydrogens is 440 g/mol. The Morgan fingerprint density at radius 2 is 1.88 bits per heavy atom. The third-order valence-electron chi connectivity index (χ3n) is 6.05. The number of halogens is 4. The number of phenols is 1. The summed E-state index contributed by atoms with van der Waals surface area (Å²) < 4.78 is 59.4. The van der Waals surface area contributed by atoms with Crippen molar-refractivity contribution in [1.29, 1.82) is 0 Å². The van der Waals surface area contributed by atoms with Crippen LogP contribution in [0.3, 0.4) is 0 Å². The number of benzene rings is 2. The molecule has 3 aromatic rings. The molecule has 9 heteroatoms. The second-order valence-corrected chi connectivity index (χ2v) is 9.64. The summed E-state index contributed by atoms with van der Waals surface area (Å²) in [5.74, 6) is -0.982. The summed E-state index contributed by atoms with van der Waals surface area (Å²) in [6, 6.07) is 6.99. The van der Waals surface area contributed by atoms with Crippen LogP contribution >= 0.6 is 0 Å². The number of rotatable bonds is 5. The van der Waals surface area contributed by atoms with Crippen molar-refractivity contribution < 1.29 is 31.9 Å². The lowest BCUT2D eigenvalue weighted by atomic mass is 9.85. The molecule has 1 aliphatic rings. The largest absolute Gasteiger partial charge is 0.508 e. The minimum absolute atomic E-state index is 0.00526. The number of amides is 1. The average Bonchev–Trinajstić information content (AvgIpc) is 3.41. The number of nitrogens with one attached hydrogen (secondary N) is 1. The summed E-state index contributed by atoms with van der Waals surface area (Å²) in [4.78, 5) is 16.6. The molecule has 33 heavy (non-hydrogen) atoms. The molecule has 1 fully saturated rings. The first-order valence-electron chi connectivity index (χ1n) is 10.6. The van der Waals surface area contributed by atoms with Gasteiger partial charge in [0, 0.05) is 23.2 Å². The van der Waals surface area contributed by atoms with Crippen LogP contribution in [0.1, 0.15) is 61.0 Å². The van der Waals surface area contributed by atoms with Crippen molar-refractivity contribution in [2.24, 2.45) is 5.41 Å². The van der Waals surface area contributed by atoms with Crippen LogP contribution in [0.2, 0.25) is 0 Å². The number of hydrogen-bond acceptors (Lipinski definition) is 4. The molecule has 2 aromatic carbocycles. The minimum atomic E-state index is -4.35. The SMILES string of the molecule is CC(C)(C)c1cc(F)c(Cc2nc3cc(C(=O)NCC4(C(F)(F)F)CC4)ccc3o2)cc1O. The molecule has 2 N–H and O–H groups in total. The highest BCUT2D eigenvalue weighted by molar-refractivity contribution is 5.97. The van der Waals surface area contributed by atoms with Crippen LogP contribution < -0.4 is 5.32 Å². The van der Waals surface area contributed by atoms with E-state index in [0.717, 1.165) is 0 Å². The molecule has 1 heterocycles. The van der Waals surface area contributed by atoms with Crippen LogP contribution in [-0.2, 0) is 11.8 Å². The zero-order valence-corrected chi connectivity index (χ0v) is 18.4. The normalized spacial score (nSPS) is 15.6. The highest BCUT2D eigenvalue weighted by Gasteiger charge is 2.63. The highest BCUT2D eigenvalue weighted by Crippen LogP contribution is 2.57. The number of aromatic nitrogens is 1. The van der Waals surface area contributed by atoms with Crippen LogP contribution in [-0.4, -0.2) is 28.7 Å². The maximum absolute atomic E-state index is 14.6. The summed E-state index contributed by atoms with van der Waals surface area (Å²) in [6.45, 7) is 5.13. The zero-order chi connectivity index (χ0) is 24.2. The molecule has 0 unspecified atom stereocenters. The van der Waals surface area contributed by atoms with Gasteiger partial charge in [-0.25, -0.2) is 9.37 Å². The summed E-state index contributed by atoms with van der Waals surface area (Å²) in [7, 11) is 0. The Morgan fingerprint density at radius 3 is 2.48 bits per heavy atom. The molecule has 0 spiro atoms. The van der Waals surface area contributed by atoms with Crippen molar-refractivity contribution in [2.45, 2.75) is 51.6 Å². The minimum Gasteiger partial charge on any atom is -0.508 e. The smallest absolute Gasteiger partial charge is 0.396 e. The number of aromatic hydroxyl groups is 1. The second-order valence-electron chi connectivity index (χ2n) is 9.64. The van der Waals surface area contributed by atoms with Crippen molar-refractivity contribution >= 4 is 17.0 Å². The van der Waals surface area contributed by atoms with Gasteiger partial charge >= 0.3 is 6.18 Å². The number of alkyl halides is 3. The van der Waals surface area contributed by atoms with E-state index in [1.54, 1.807) is 0 Å². The van der Waals surface area contributed by atoms with Crippen LogP contribution in [0.5, 0.6) is 5.75 Å². The first-order valence-corrected chi connectivity index (χ1v) is 10.6. The lowest BCUT2D eigenvalue weighted by Gasteiger charge is -2.21. The molecular formula is C24H24F4N2O3. The summed E-state index contributed by atoms with van der Waals surface area (Å²) in [5, 5.41) is 12.7. The van der Waals surface area contributed by atoms with E-state index in [0.29, 0.717) is 16.7 Å². The standard InChI is InChI=1S/C24H24F4N2O3/c1-22(2,3)15-11-16(25)14(9-18(15)31)10-20-30-17-8-13(4-5-19(17)33-20)21(32)29-12-23(6-7-23)24(26,27)28/h4-5,8-9,11,31H,6-7,10,12H2,1-3H3,(H,29,32). The molecule has 1 aliphatic carbocycles. The van der Waals surface area contributed by atoms with E-state index in [1.165, 1.54) is 30.3 Å². The molecule has 1 amide bonds. The van der Waals surface area contributed by atoms with Gasteiger partial charge in [0.15, 0.2) is 11.5 Å². The third-order valence-corrected chi connectivity index (χ3v) is 6.05. The fraction of sp³-hybridized carbons (Fsp3) is 0.417. The fourth-order valence-corrected chi connectivity index (χ4v) is 3.76. The lowest BCUT2D eigenvalue weighted by Crippen LogP contribution is -2.38. The Labute approximate surface area is 187 Å². The van der Waals surface area contributed by atoms with Gasteiger partial charge in [-0.3, -0.25) is 4.79 Å². The van der Waals surface area contributed by atoms with Crippen molar-refractivity contribution in [3.8, 4) is 5.75 Å². The molecule has 0 radical (unpaired) electrons. The van der Waals surface area contributed by atoms with E-state index >= 15 is 0 Å². The molecule has 0 saturated heterocycles. The van der Waals surface area contributed by atoms with Gasteiger partial charge < -0.3 is 14.8 Å². The van der Waals surface area contributed by atoms with E-state index in [1.807, 2.05) is 20.8 Å². The molecule has 1 aromatic heterocycles.